The lowest BCUT2D eigenvalue weighted by Crippen LogP contribution is -2.40. The van der Waals surface area contributed by atoms with Crippen molar-refractivity contribution in [1.29, 1.82) is 0 Å². The Morgan fingerprint density at radius 1 is 1.42 bits per heavy atom. The number of hydrogen-bond donors (Lipinski definition) is 1. The molecule has 1 N–H and O–H groups in total. The lowest BCUT2D eigenvalue weighted by atomic mass is 10.1. The SMILES string of the molecule is O[C@H]1CCCN(CCOc2ccc3nccn3c2)C1. The number of hydrogen-bond acceptors (Lipinski definition) is 4. The van der Waals surface area contributed by atoms with Gasteiger partial charge in [0.05, 0.1) is 12.3 Å². The van der Waals surface area contributed by atoms with Crippen LogP contribution in [-0.2, 0) is 0 Å². The first-order valence-electron chi connectivity index (χ1n) is 6.77. The quantitative estimate of drug-likeness (QED) is 0.897. The molecule has 5 heteroatoms. The smallest absolute Gasteiger partial charge is 0.136 e. The largest absolute Gasteiger partial charge is 0.491 e. The van der Waals surface area contributed by atoms with Gasteiger partial charge in [-0.25, -0.2) is 4.98 Å². The van der Waals surface area contributed by atoms with E-state index >= 15 is 0 Å². The molecule has 0 radical (unpaired) electrons. The summed E-state index contributed by atoms with van der Waals surface area (Å²) in [4.78, 5) is 6.45. The van der Waals surface area contributed by atoms with E-state index in [0.717, 1.165) is 43.9 Å². The highest BCUT2D eigenvalue weighted by Crippen LogP contribution is 2.13. The summed E-state index contributed by atoms with van der Waals surface area (Å²) in [5.74, 6) is 0.850. The molecule has 0 amide bonds. The second-order valence-corrected chi connectivity index (χ2v) is 5.00. The number of β-amino-alcohol motifs (C(OH)–C–C–N with tert-alkyl or cyclic N) is 1. The molecule has 1 saturated heterocycles. The van der Waals surface area contributed by atoms with E-state index in [4.69, 9.17) is 4.74 Å². The number of fused-ring (bicyclic) bond motifs is 1. The molecule has 0 saturated carbocycles. The van der Waals surface area contributed by atoms with Gasteiger partial charge in [0.2, 0.25) is 0 Å². The lowest BCUT2D eigenvalue weighted by Gasteiger charge is -2.29. The van der Waals surface area contributed by atoms with Crippen molar-refractivity contribution < 1.29 is 9.84 Å². The standard InChI is InChI=1S/C14H19N3O2/c18-12-2-1-6-16(10-12)8-9-19-13-3-4-14-15-5-7-17(14)11-13/h3-5,7,11-12,18H,1-2,6,8-10H2/t12-/m0/s1. The fraction of sp³-hybridized carbons (Fsp3) is 0.500. The molecular formula is C14H19N3O2. The molecule has 0 unspecified atom stereocenters. The minimum Gasteiger partial charge on any atom is -0.491 e. The van der Waals surface area contributed by atoms with Gasteiger partial charge in [-0.05, 0) is 31.5 Å². The predicted molar refractivity (Wildman–Crippen MR) is 72.4 cm³/mol. The molecule has 19 heavy (non-hydrogen) atoms. The number of imidazole rings is 1. The van der Waals surface area contributed by atoms with E-state index < -0.39 is 0 Å². The van der Waals surface area contributed by atoms with Crippen molar-refractivity contribution >= 4 is 5.65 Å². The Morgan fingerprint density at radius 2 is 2.37 bits per heavy atom. The lowest BCUT2D eigenvalue weighted by molar-refractivity contribution is 0.0632. The summed E-state index contributed by atoms with van der Waals surface area (Å²) in [7, 11) is 0. The molecule has 0 spiro atoms. The van der Waals surface area contributed by atoms with Gasteiger partial charge in [-0.3, -0.25) is 4.90 Å². The van der Waals surface area contributed by atoms with E-state index in [1.807, 2.05) is 28.9 Å². The summed E-state index contributed by atoms with van der Waals surface area (Å²) in [6.45, 7) is 3.33. The molecule has 5 nitrogen and oxygen atoms in total. The van der Waals surface area contributed by atoms with Crippen LogP contribution in [0.1, 0.15) is 12.8 Å². The molecular weight excluding hydrogens is 242 g/mol. The van der Waals surface area contributed by atoms with Gasteiger partial charge in [-0.15, -0.1) is 0 Å². The molecule has 102 valence electrons. The Balaban J connectivity index is 1.51. The highest BCUT2D eigenvalue weighted by atomic mass is 16.5. The number of rotatable bonds is 4. The Labute approximate surface area is 112 Å². The summed E-state index contributed by atoms with van der Waals surface area (Å²) in [5.41, 5.74) is 0.923. The maximum atomic E-state index is 9.60. The monoisotopic (exact) mass is 261 g/mol. The zero-order valence-corrected chi connectivity index (χ0v) is 10.9. The van der Waals surface area contributed by atoms with Gasteiger partial charge in [-0.2, -0.15) is 0 Å². The molecule has 1 atom stereocenters. The normalized spacial score (nSPS) is 20.8. The number of aliphatic hydroxyl groups excluding tert-OH is 1. The third-order valence-corrected chi connectivity index (χ3v) is 3.52. The predicted octanol–water partition coefficient (Wildman–Crippen LogP) is 1.17. The maximum absolute atomic E-state index is 9.60. The van der Waals surface area contributed by atoms with E-state index in [1.165, 1.54) is 0 Å². The number of pyridine rings is 1. The Kier molecular flexibility index (Phi) is 3.66. The fourth-order valence-corrected chi connectivity index (χ4v) is 2.51. The van der Waals surface area contributed by atoms with Crippen molar-refractivity contribution in [2.24, 2.45) is 0 Å². The van der Waals surface area contributed by atoms with Gasteiger partial charge in [0.25, 0.3) is 0 Å². The summed E-state index contributed by atoms with van der Waals surface area (Å²) in [5, 5.41) is 9.60. The fourth-order valence-electron chi connectivity index (χ4n) is 2.51. The summed E-state index contributed by atoms with van der Waals surface area (Å²) >= 11 is 0. The van der Waals surface area contributed by atoms with Crippen LogP contribution in [-0.4, -0.2) is 51.7 Å². The van der Waals surface area contributed by atoms with Gasteiger partial charge >= 0.3 is 0 Å². The Bertz CT molecular complexity index is 540. The zero-order chi connectivity index (χ0) is 13.1. The maximum Gasteiger partial charge on any atom is 0.136 e. The van der Waals surface area contributed by atoms with E-state index in [-0.39, 0.29) is 6.10 Å². The minimum atomic E-state index is -0.170. The molecule has 3 heterocycles. The summed E-state index contributed by atoms with van der Waals surface area (Å²) in [6.07, 6.45) is 7.44. The van der Waals surface area contributed by atoms with Gasteiger partial charge in [0, 0.05) is 25.5 Å². The summed E-state index contributed by atoms with van der Waals surface area (Å²) in [6, 6.07) is 3.88. The second kappa shape index (κ2) is 5.59. The van der Waals surface area contributed by atoms with Crippen molar-refractivity contribution in [3.05, 3.63) is 30.7 Å². The van der Waals surface area contributed by atoms with E-state index in [2.05, 4.69) is 9.88 Å². The molecule has 2 aromatic rings. The Hall–Kier alpha value is -1.59. The molecule has 0 aliphatic carbocycles. The van der Waals surface area contributed by atoms with Crippen LogP contribution in [0.3, 0.4) is 0 Å². The van der Waals surface area contributed by atoms with Crippen LogP contribution in [0.5, 0.6) is 5.75 Å². The van der Waals surface area contributed by atoms with E-state index in [0.29, 0.717) is 6.61 Å². The van der Waals surface area contributed by atoms with E-state index in [9.17, 15) is 5.11 Å². The zero-order valence-electron chi connectivity index (χ0n) is 10.9. The Morgan fingerprint density at radius 3 is 3.26 bits per heavy atom. The third kappa shape index (κ3) is 3.05. The van der Waals surface area contributed by atoms with Gasteiger partial charge in [-0.1, -0.05) is 0 Å². The second-order valence-electron chi connectivity index (χ2n) is 5.00. The third-order valence-electron chi connectivity index (χ3n) is 3.52. The van der Waals surface area contributed by atoms with Gasteiger partial charge in [0.15, 0.2) is 0 Å². The first-order chi connectivity index (χ1) is 9.31. The minimum absolute atomic E-state index is 0.170. The average molecular weight is 261 g/mol. The van der Waals surface area contributed by atoms with Crippen LogP contribution in [0.25, 0.3) is 5.65 Å². The first-order valence-corrected chi connectivity index (χ1v) is 6.77. The molecule has 2 aromatic heterocycles. The molecule has 3 rings (SSSR count). The van der Waals surface area contributed by atoms with Crippen molar-refractivity contribution in [2.75, 3.05) is 26.2 Å². The van der Waals surface area contributed by atoms with Crippen LogP contribution in [0.15, 0.2) is 30.7 Å². The number of aromatic nitrogens is 2. The van der Waals surface area contributed by atoms with E-state index in [1.54, 1.807) is 6.20 Å². The van der Waals surface area contributed by atoms with Crippen LogP contribution >= 0.6 is 0 Å². The molecule has 0 aromatic carbocycles. The van der Waals surface area contributed by atoms with Crippen molar-refractivity contribution in [3.63, 3.8) is 0 Å². The number of likely N-dealkylation sites (tertiary alicyclic amines) is 1. The average Bonchev–Trinajstić information content (AvgIpc) is 2.86. The van der Waals surface area contributed by atoms with Crippen molar-refractivity contribution in [2.45, 2.75) is 18.9 Å². The van der Waals surface area contributed by atoms with Crippen LogP contribution in [0.4, 0.5) is 0 Å². The number of aliphatic hydroxyl groups is 1. The number of nitrogens with zero attached hydrogens (tertiary/aromatic N) is 3. The van der Waals surface area contributed by atoms with Crippen molar-refractivity contribution in [1.82, 2.24) is 14.3 Å². The number of piperidine rings is 1. The van der Waals surface area contributed by atoms with Gasteiger partial charge < -0.3 is 14.2 Å². The molecule has 1 fully saturated rings. The van der Waals surface area contributed by atoms with Gasteiger partial charge in [0.1, 0.15) is 18.0 Å². The van der Waals surface area contributed by atoms with Crippen LogP contribution in [0, 0.1) is 0 Å². The summed E-state index contributed by atoms with van der Waals surface area (Å²) < 4.78 is 7.69. The number of ether oxygens (including phenoxy) is 1. The molecule has 1 aliphatic heterocycles. The van der Waals surface area contributed by atoms with Crippen LogP contribution < -0.4 is 4.74 Å². The topological polar surface area (TPSA) is 50.0 Å². The highest BCUT2D eigenvalue weighted by Gasteiger charge is 2.16. The molecule has 1 aliphatic rings. The first kappa shape index (κ1) is 12.4. The highest BCUT2D eigenvalue weighted by molar-refractivity contribution is 5.41. The van der Waals surface area contributed by atoms with Crippen LogP contribution in [0.2, 0.25) is 0 Å². The van der Waals surface area contributed by atoms with Crippen molar-refractivity contribution in [3.8, 4) is 5.75 Å². The molecule has 0 bridgehead atoms.